The second-order valence-electron chi connectivity index (χ2n) is 4.50. The highest BCUT2D eigenvalue weighted by molar-refractivity contribution is 5.31. The summed E-state index contributed by atoms with van der Waals surface area (Å²) < 4.78 is 69.5. The third kappa shape index (κ3) is 2.77. The van der Waals surface area contributed by atoms with Gasteiger partial charge in [-0.3, -0.25) is 0 Å². The molecule has 1 aromatic carbocycles. The largest absolute Gasteiger partial charge is 0.419 e. The van der Waals surface area contributed by atoms with Crippen LogP contribution in [0.2, 0.25) is 0 Å². The molecule has 0 radical (unpaired) electrons. The Hall–Kier alpha value is -1.25. The lowest BCUT2D eigenvalue weighted by Crippen LogP contribution is -2.24. The van der Waals surface area contributed by atoms with E-state index in [1.165, 1.54) is 0 Å². The van der Waals surface area contributed by atoms with E-state index >= 15 is 0 Å². The number of halogens is 5. The molecule has 2 rings (SSSR count). The van der Waals surface area contributed by atoms with Crippen LogP contribution in [0.3, 0.4) is 0 Å². The van der Waals surface area contributed by atoms with Crippen LogP contribution in [0.25, 0.3) is 0 Å². The fourth-order valence-electron chi connectivity index (χ4n) is 2.12. The maximum absolute atomic E-state index is 13.6. The van der Waals surface area contributed by atoms with Gasteiger partial charge in [-0.05, 0) is 6.07 Å². The summed E-state index contributed by atoms with van der Waals surface area (Å²) in [5.74, 6) is -2.90. The van der Waals surface area contributed by atoms with Crippen LogP contribution in [0.4, 0.5) is 22.0 Å². The Bertz CT molecular complexity index is 503. The van der Waals surface area contributed by atoms with Crippen molar-refractivity contribution in [1.82, 2.24) is 0 Å². The first-order valence-electron chi connectivity index (χ1n) is 5.74. The van der Waals surface area contributed by atoms with Crippen LogP contribution in [-0.4, -0.2) is 29.0 Å². The van der Waals surface area contributed by atoms with Crippen LogP contribution < -0.4 is 0 Å². The lowest BCUT2D eigenvalue weighted by atomic mass is 10.0. The first-order valence-corrected chi connectivity index (χ1v) is 5.74. The van der Waals surface area contributed by atoms with E-state index in [0.717, 1.165) is 0 Å². The van der Waals surface area contributed by atoms with E-state index in [-0.39, 0.29) is 12.5 Å². The van der Waals surface area contributed by atoms with Crippen LogP contribution in [0, 0.1) is 11.6 Å². The number of aliphatic hydroxyl groups excluding tert-OH is 2. The number of hydrogen-bond acceptors (Lipinski definition) is 3. The van der Waals surface area contributed by atoms with Crippen LogP contribution >= 0.6 is 0 Å². The van der Waals surface area contributed by atoms with Gasteiger partial charge in [0.2, 0.25) is 0 Å². The Balaban J connectivity index is 2.38. The van der Waals surface area contributed by atoms with Gasteiger partial charge < -0.3 is 14.9 Å². The molecule has 3 nitrogen and oxygen atoms in total. The quantitative estimate of drug-likeness (QED) is 0.823. The van der Waals surface area contributed by atoms with Crippen molar-refractivity contribution in [2.24, 2.45) is 0 Å². The van der Waals surface area contributed by atoms with Crippen molar-refractivity contribution in [3.63, 3.8) is 0 Å². The monoisotopic (exact) mass is 298 g/mol. The summed E-state index contributed by atoms with van der Waals surface area (Å²) in [6.07, 6.45) is -8.42. The Morgan fingerprint density at radius 2 is 1.85 bits per heavy atom. The minimum absolute atomic E-state index is 0.139. The number of ether oxygens (including phenoxy) is 1. The first kappa shape index (κ1) is 15.1. The molecule has 0 aromatic heterocycles. The minimum atomic E-state index is -4.96. The molecule has 0 unspecified atom stereocenters. The van der Waals surface area contributed by atoms with Gasteiger partial charge in [-0.25, -0.2) is 8.78 Å². The Kier molecular flexibility index (Phi) is 3.99. The van der Waals surface area contributed by atoms with Gasteiger partial charge in [0.1, 0.15) is 17.7 Å². The lowest BCUT2D eigenvalue weighted by Gasteiger charge is -2.16. The number of alkyl halides is 3. The zero-order valence-electron chi connectivity index (χ0n) is 9.99. The van der Waals surface area contributed by atoms with Crippen molar-refractivity contribution in [3.8, 4) is 0 Å². The van der Waals surface area contributed by atoms with Crippen LogP contribution in [0.5, 0.6) is 0 Å². The number of aliphatic hydroxyl groups is 2. The normalized spacial score (nSPS) is 27.1. The molecule has 8 heteroatoms. The van der Waals surface area contributed by atoms with Crippen molar-refractivity contribution in [2.75, 3.05) is 6.61 Å². The topological polar surface area (TPSA) is 49.7 Å². The summed E-state index contributed by atoms with van der Waals surface area (Å²) in [6.45, 7) is -0.549. The van der Waals surface area contributed by atoms with Crippen molar-refractivity contribution in [3.05, 3.63) is 34.9 Å². The van der Waals surface area contributed by atoms with Crippen molar-refractivity contribution < 1.29 is 36.9 Å². The third-order valence-electron chi connectivity index (χ3n) is 3.14. The van der Waals surface area contributed by atoms with E-state index in [1.54, 1.807) is 0 Å². The molecule has 1 aliphatic heterocycles. The standard InChI is InChI=1S/C12H11F5O3/c13-7-2-8(14)6(12(15,16)17)1-5(7)10-3-9(19)11(4-18)20-10/h1-2,9-11,18-19H,3-4H2/t9-,10+,11+/m0/s1. The van der Waals surface area contributed by atoms with E-state index in [4.69, 9.17) is 9.84 Å². The summed E-state index contributed by atoms with van der Waals surface area (Å²) in [5, 5.41) is 18.4. The maximum Gasteiger partial charge on any atom is 0.419 e. The van der Waals surface area contributed by atoms with E-state index in [2.05, 4.69) is 0 Å². The Morgan fingerprint density at radius 3 is 2.35 bits per heavy atom. The highest BCUT2D eigenvalue weighted by Crippen LogP contribution is 2.38. The van der Waals surface area contributed by atoms with Gasteiger partial charge in [0.05, 0.1) is 24.4 Å². The predicted octanol–water partition coefficient (Wildman–Crippen LogP) is 2.17. The Morgan fingerprint density at radius 1 is 1.20 bits per heavy atom. The first-order chi connectivity index (χ1) is 9.24. The van der Waals surface area contributed by atoms with Crippen LogP contribution in [0.1, 0.15) is 23.7 Å². The summed E-state index contributed by atoms with van der Waals surface area (Å²) in [7, 11) is 0. The molecule has 2 N–H and O–H groups in total. The van der Waals surface area contributed by atoms with Gasteiger partial charge in [0, 0.05) is 18.1 Å². The maximum atomic E-state index is 13.6. The molecular weight excluding hydrogens is 287 g/mol. The second kappa shape index (κ2) is 5.27. The highest BCUT2D eigenvalue weighted by Gasteiger charge is 2.39. The molecular formula is C12H11F5O3. The molecule has 20 heavy (non-hydrogen) atoms. The van der Waals surface area contributed by atoms with Crippen molar-refractivity contribution in [1.29, 1.82) is 0 Å². The van der Waals surface area contributed by atoms with Gasteiger partial charge in [0.15, 0.2) is 0 Å². The zero-order valence-corrected chi connectivity index (χ0v) is 9.99. The van der Waals surface area contributed by atoms with E-state index in [1.807, 2.05) is 0 Å². The van der Waals surface area contributed by atoms with Crippen molar-refractivity contribution in [2.45, 2.75) is 30.9 Å². The average Bonchev–Trinajstić information content (AvgIpc) is 2.68. The summed E-state index contributed by atoms with van der Waals surface area (Å²) >= 11 is 0. The average molecular weight is 298 g/mol. The minimum Gasteiger partial charge on any atom is -0.394 e. The molecule has 3 atom stereocenters. The van der Waals surface area contributed by atoms with Crippen LogP contribution in [0.15, 0.2) is 12.1 Å². The van der Waals surface area contributed by atoms with E-state index < -0.39 is 53.9 Å². The second-order valence-corrected chi connectivity index (χ2v) is 4.50. The number of rotatable bonds is 2. The molecule has 1 aromatic rings. The van der Waals surface area contributed by atoms with Crippen molar-refractivity contribution >= 4 is 0 Å². The number of benzene rings is 1. The fourth-order valence-corrected chi connectivity index (χ4v) is 2.12. The molecule has 1 aliphatic rings. The summed E-state index contributed by atoms with van der Waals surface area (Å²) in [6, 6.07) is 0.474. The smallest absolute Gasteiger partial charge is 0.394 e. The molecule has 1 fully saturated rings. The van der Waals surface area contributed by atoms with Gasteiger partial charge >= 0.3 is 6.18 Å². The highest BCUT2D eigenvalue weighted by atomic mass is 19.4. The SMILES string of the molecule is OC[C@H]1O[C@@H](c2cc(C(F)(F)F)c(F)cc2F)C[C@@H]1O. The molecule has 1 saturated heterocycles. The molecule has 112 valence electrons. The zero-order chi connectivity index (χ0) is 15.1. The van der Waals surface area contributed by atoms with E-state index in [0.29, 0.717) is 6.07 Å². The third-order valence-corrected chi connectivity index (χ3v) is 3.14. The molecule has 0 saturated carbocycles. The molecule has 0 amide bonds. The van der Waals surface area contributed by atoms with Gasteiger partial charge in [-0.2, -0.15) is 13.2 Å². The number of hydrogen-bond donors (Lipinski definition) is 2. The van der Waals surface area contributed by atoms with Gasteiger partial charge in [-0.1, -0.05) is 0 Å². The molecule has 0 bridgehead atoms. The van der Waals surface area contributed by atoms with Gasteiger partial charge in [-0.15, -0.1) is 0 Å². The molecule has 0 aliphatic carbocycles. The Labute approximate surface area is 110 Å². The van der Waals surface area contributed by atoms with Gasteiger partial charge in [0.25, 0.3) is 0 Å². The summed E-state index contributed by atoms with van der Waals surface area (Å²) in [4.78, 5) is 0. The summed E-state index contributed by atoms with van der Waals surface area (Å²) in [5.41, 5.74) is -2.09. The molecule has 1 heterocycles. The predicted molar refractivity (Wildman–Crippen MR) is 56.7 cm³/mol. The van der Waals surface area contributed by atoms with Crippen LogP contribution in [-0.2, 0) is 10.9 Å². The lowest BCUT2D eigenvalue weighted by molar-refractivity contribution is -0.140. The fraction of sp³-hybridized carbons (Fsp3) is 0.500. The van der Waals surface area contributed by atoms with E-state index in [9.17, 15) is 27.1 Å². The molecule has 0 spiro atoms.